The molecule has 2 aromatic carbocycles. The number of nitrogens with one attached hydrogen (secondary N) is 1. The molecule has 330 valence electrons. The number of carbonyl (C=O) groups is 1. The van der Waals surface area contributed by atoms with Crippen molar-refractivity contribution in [2.24, 2.45) is 0 Å². The molecule has 0 amide bonds. The summed E-state index contributed by atoms with van der Waals surface area (Å²) in [6.07, 6.45) is -3.10. The van der Waals surface area contributed by atoms with E-state index in [1.165, 1.54) is 24.5 Å². The number of esters is 1. The first-order valence-corrected chi connectivity index (χ1v) is 19.2. The molecule has 0 aliphatic carbocycles. The van der Waals surface area contributed by atoms with Crippen molar-refractivity contribution < 1.29 is 79.5 Å². The lowest BCUT2D eigenvalue weighted by atomic mass is 10.1. The average Bonchev–Trinajstić information content (AvgIpc) is 3.22. The molecule has 1 N–H and O–H groups in total. The highest BCUT2D eigenvalue weighted by Gasteiger charge is 2.30. The van der Waals surface area contributed by atoms with Gasteiger partial charge in [0.15, 0.2) is 0 Å². The van der Waals surface area contributed by atoms with Gasteiger partial charge in [-0.3, -0.25) is 0 Å². The third-order valence-corrected chi connectivity index (χ3v) is 7.26. The Hall–Kier alpha value is -3.40. The van der Waals surface area contributed by atoms with Gasteiger partial charge in [-0.1, -0.05) is 24.8 Å². The van der Waals surface area contributed by atoms with Crippen LogP contribution in [0.5, 0.6) is 0 Å². The number of carbonyl (C=O) groups excluding carboxylic acids is 1. The van der Waals surface area contributed by atoms with Gasteiger partial charge in [0.05, 0.1) is 168 Å². The molecule has 0 spiro atoms. The molecule has 0 atom stereocenters. The first-order valence-electron chi connectivity index (χ1n) is 19.2. The zero-order chi connectivity index (χ0) is 41.6. The first-order chi connectivity index (χ1) is 28.4. The highest BCUT2D eigenvalue weighted by atomic mass is 19.4. The van der Waals surface area contributed by atoms with E-state index in [2.05, 4.69) is 11.9 Å². The number of rotatable bonds is 40. The smallest absolute Gasteiger partial charge is 0.416 e. The minimum atomic E-state index is -4.48. The van der Waals surface area contributed by atoms with Gasteiger partial charge in [-0.05, 0) is 30.3 Å². The molecule has 0 fully saturated rings. The summed E-state index contributed by atoms with van der Waals surface area (Å²) in [4.78, 5) is 12.6. The van der Waals surface area contributed by atoms with Crippen LogP contribution in [0.4, 0.5) is 24.5 Å². The maximum absolute atomic E-state index is 13.1. The van der Waals surface area contributed by atoms with E-state index in [9.17, 15) is 18.0 Å². The number of para-hydroxylation sites is 1. The van der Waals surface area contributed by atoms with Crippen LogP contribution in [-0.2, 0) is 67.8 Å². The Kier molecular flexibility index (Phi) is 31.1. The summed E-state index contributed by atoms with van der Waals surface area (Å²) in [6.45, 7) is 13.6. The zero-order valence-corrected chi connectivity index (χ0v) is 33.2. The van der Waals surface area contributed by atoms with Crippen molar-refractivity contribution in [1.82, 2.24) is 0 Å². The van der Waals surface area contributed by atoms with Crippen LogP contribution in [0.2, 0.25) is 0 Å². The van der Waals surface area contributed by atoms with Crippen molar-refractivity contribution in [2.45, 2.75) is 6.18 Å². The van der Waals surface area contributed by atoms with Gasteiger partial charge in [-0.2, -0.15) is 13.2 Å². The number of anilines is 2. The van der Waals surface area contributed by atoms with E-state index in [4.69, 9.17) is 61.6 Å². The average molecular weight is 836 g/mol. The van der Waals surface area contributed by atoms with E-state index in [1.54, 1.807) is 18.2 Å². The van der Waals surface area contributed by atoms with Gasteiger partial charge >= 0.3 is 12.1 Å². The molecule has 0 saturated carbocycles. The molecule has 0 heterocycles. The monoisotopic (exact) mass is 835 g/mol. The van der Waals surface area contributed by atoms with E-state index >= 15 is 0 Å². The Morgan fingerprint density at radius 3 is 1.24 bits per heavy atom. The van der Waals surface area contributed by atoms with Gasteiger partial charge in [0.25, 0.3) is 0 Å². The Morgan fingerprint density at radius 1 is 0.500 bits per heavy atom. The van der Waals surface area contributed by atoms with E-state index in [1.807, 2.05) is 0 Å². The molecular weight excluding hydrogens is 775 g/mol. The van der Waals surface area contributed by atoms with E-state index < -0.39 is 17.7 Å². The van der Waals surface area contributed by atoms with Gasteiger partial charge < -0.3 is 66.9 Å². The highest BCUT2D eigenvalue weighted by Crippen LogP contribution is 2.32. The fourth-order valence-electron chi connectivity index (χ4n) is 4.46. The van der Waals surface area contributed by atoms with Gasteiger partial charge in [0.2, 0.25) is 0 Å². The van der Waals surface area contributed by atoms with Crippen molar-refractivity contribution in [3.8, 4) is 0 Å². The van der Waals surface area contributed by atoms with Crippen molar-refractivity contribution in [3.05, 3.63) is 72.5 Å². The standard InChI is InChI=1S/C40H60F3NO14/c1-2-46-10-11-47-12-13-48-14-15-49-16-17-50-18-19-51-20-21-52-22-23-53-24-25-54-26-27-55-28-29-56-30-31-57-32-33-58-39(45)37-8-3-4-9-38(37)44-36-7-5-6-35(34-36)40(41,42)43/h2-9,34,44H,1,10-33H2. The van der Waals surface area contributed by atoms with Gasteiger partial charge in [-0.25, -0.2) is 4.79 Å². The molecule has 2 aromatic rings. The minimum Gasteiger partial charge on any atom is -0.499 e. The van der Waals surface area contributed by atoms with Crippen LogP contribution in [0.3, 0.4) is 0 Å². The van der Waals surface area contributed by atoms with Gasteiger partial charge in [0, 0.05) is 5.69 Å². The minimum absolute atomic E-state index is 0.00520. The number of alkyl halides is 3. The van der Waals surface area contributed by atoms with Crippen molar-refractivity contribution in [1.29, 1.82) is 0 Å². The number of ether oxygens (including phenoxy) is 13. The normalized spacial score (nSPS) is 11.5. The molecular formula is C40H60F3NO14. The summed E-state index contributed by atoms with van der Waals surface area (Å²) in [7, 11) is 0. The number of hydrogen-bond acceptors (Lipinski definition) is 15. The number of halogens is 3. The number of benzene rings is 2. The van der Waals surface area contributed by atoms with Crippen LogP contribution in [-0.4, -0.2) is 165 Å². The fraction of sp³-hybridized carbons (Fsp3) is 0.625. The fourth-order valence-corrected chi connectivity index (χ4v) is 4.46. The summed E-state index contributed by atoms with van der Waals surface area (Å²) in [6, 6.07) is 11.1. The maximum atomic E-state index is 13.1. The van der Waals surface area contributed by atoms with Gasteiger partial charge in [-0.15, -0.1) is 0 Å². The van der Waals surface area contributed by atoms with E-state index in [0.29, 0.717) is 151 Å². The summed E-state index contributed by atoms with van der Waals surface area (Å²) in [5.74, 6) is -0.631. The first kappa shape index (κ1) is 50.7. The van der Waals surface area contributed by atoms with Crippen LogP contribution in [0.1, 0.15) is 15.9 Å². The zero-order valence-electron chi connectivity index (χ0n) is 33.2. The van der Waals surface area contributed by atoms with Crippen LogP contribution < -0.4 is 5.32 Å². The molecule has 0 bridgehead atoms. The van der Waals surface area contributed by atoms with Crippen LogP contribution in [0.25, 0.3) is 0 Å². The molecule has 0 radical (unpaired) electrons. The topological polar surface area (TPSA) is 149 Å². The van der Waals surface area contributed by atoms with Crippen LogP contribution in [0.15, 0.2) is 61.4 Å². The molecule has 0 unspecified atom stereocenters. The van der Waals surface area contributed by atoms with Gasteiger partial charge in [0.1, 0.15) is 13.2 Å². The second kappa shape index (κ2) is 35.5. The third kappa shape index (κ3) is 28.1. The lowest BCUT2D eigenvalue weighted by Crippen LogP contribution is -2.16. The summed E-state index contributed by atoms with van der Waals surface area (Å²) in [5, 5.41) is 2.86. The Balaban J connectivity index is 1.26. The van der Waals surface area contributed by atoms with Crippen molar-refractivity contribution in [3.63, 3.8) is 0 Å². The summed E-state index contributed by atoms with van der Waals surface area (Å²) in [5.41, 5.74) is -0.0997. The maximum Gasteiger partial charge on any atom is 0.416 e. The lowest BCUT2D eigenvalue weighted by Gasteiger charge is -2.13. The molecule has 18 heteroatoms. The molecule has 2 rings (SSSR count). The molecule has 15 nitrogen and oxygen atoms in total. The molecule has 0 aliphatic heterocycles. The molecule has 58 heavy (non-hydrogen) atoms. The largest absolute Gasteiger partial charge is 0.499 e. The second-order valence-corrected chi connectivity index (χ2v) is 11.7. The highest BCUT2D eigenvalue weighted by molar-refractivity contribution is 5.96. The van der Waals surface area contributed by atoms with Crippen molar-refractivity contribution in [2.75, 3.05) is 164 Å². The quantitative estimate of drug-likeness (QED) is 0.0548. The van der Waals surface area contributed by atoms with Crippen LogP contribution in [0, 0.1) is 0 Å². The molecule has 0 saturated heterocycles. The summed E-state index contributed by atoms with van der Waals surface area (Å²) >= 11 is 0. The van der Waals surface area contributed by atoms with Crippen LogP contribution >= 0.6 is 0 Å². The molecule has 0 aliphatic rings. The SMILES string of the molecule is C=COCCOCCOCCOCCOCCOCCOCCOCCOCCOCCOCCOCCOC(=O)c1ccccc1Nc1cccc(C(F)(F)F)c1. The molecule has 0 aromatic heterocycles. The van der Waals surface area contributed by atoms with E-state index in [-0.39, 0.29) is 24.5 Å². The Labute approximate surface area is 339 Å². The Morgan fingerprint density at radius 2 is 0.862 bits per heavy atom. The second-order valence-electron chi connectivity index (χ2n) is 11.7. The predicted molar refractivity (Wildman–Crippen MR) is 207 cm³/mol. The van der Waals surface area contributed by atoms with E-state index in [0.717, 1.165) is 12.1 Å². The number of hydrogen-bond donors (Lipinski definition) is 1. The Bertz CT molecular complexity index is 1290. The third-order valence-electron chi connectivity index (χ3n) is 7.26. The summed E-state index contributed by atoms with van der Waals surface area (Å²) < 4.78 is 109. The lowest BCUT2D eigenvalue weighted by molar-refractivity contribution is -0.137. The van der Waals surface area contributed by atoms with Crippen molar-refractivity contribution >= 4 is 17.3 Å². The predicted octanol–water partition coefficient (Wildman–Crippen LogP) is 4.95.